The van der Waals surface area contributed by atoms with Crippen molar-refractivity contribution < 1.29 is 14.8 Å². The zero-order valence-corrected chi connectivity index (χ0v) is 10.1. The van der Waals surface area contributed by atoms with Crippen molar-refractivity contribution in [3.05, 3.63) is 52.3 Å². The van der Waals surface area contributed by atoms with Gasteiger partial charge in [-0.1, -0.05) is 0 Å². The van der Waals surface area contributed by atoms with Gasteiger partial charge in [0, 0.05) is 12.3 Å². The van der Waals surface area contributed by atoms with Crippen molar-refractivity contribution in [3.63, 3.8) is 0 Å². The molecular weight excluding hydrogens is 264 g/mol. The van der Waals surface area contributed by atoms with Gasteiger partial charge < -0.3 is 16.2 Å². The first kappa shape index (κ1) is 13.3. The fourth-order valence-corrected chi connectivity index (χ4v) is 1.53. The van der Waals surface area contributed by atoms with E-state index in [1.165, 1.54) is 18.3 Å². The summed E-state index contributed by atoms with van der Waals surface area (Å²) in [5.41, 5.74) is 5.55. The van der Waals surface area contributed by atoms with E-state index in [9.17, 15) is 20.0 Å². The molecule has 0 unspecified atom stereocenters. The first-order valence-corrected chi connectivity index (χ1v) is 5.48. The number of non-ortho nitro benzene ring substituents is 1. The van der Waals surface area contributed by atoms with Crippen LogP contribution in [0.25, 0.3) is 0 Å². The van der Waals surface area contributed by atoms with Crippen LogP contribution >= 0.6 is 0 Å². The maximum absolute atomic E-state index is 11.9. The summed E-state index contributed by atoms with van der Waals surface area (Å²) in [5.74, 6) is -1.03. The van der Waals surface area contributed by atoms with Crippen LogP contribution in [0.4, 0.5) is 17.1 Å². The lowest BCUT2D eigenvalue weighted by Gasteiger charge is -2.07. The van der Waals surface area contributed by atoms with E-state index in [4.69, 9.17) is 5.73 Å². The van der Waals surface area contributed by atoms with Gasteiger partial charge in [0.05, 0.1) is 22.4 Å². The van der Waals surface area contributed by atoms with Crippen LogP contribution < -0.4 is 11.1 Å². The van der Waals surface area contributed by atoms with Crippen molar-refractivity contribution in [3.8, 4) is 5.75 Å². The first-order valence-electron chi connectivity index (χ1n) is 5.48. The normalized spacial score (nSPS) is 10.0. The molecule has 20 heavy (non-hydrogen) atoms. The Bertz CT molecular complexity index is 687. The highest BCUT2D eigenvalue weighted by molar-refractivity contribution is 6.06. The van der Waals surface area contributed by atoms with Gasteiger partial charge in [-0.05, 0) is 18.2 Å². The van der Waals surface area contributed by atoms with Crippen LogP contribution in [0.5, 0.6) is 5.75 Å². The summed E-state index contributed by atoms with van der Waals surface area (Å²) < 4.78 is 0. The molecule has 8 heteroatoms. The number of rotatable bonds is 3. The van der Waals surface area contributed by atoms with Crippen LogP contribution in [-0.4, -0.2) is 20.9 Å². The molecule has 1 aromatic heterocycles. The average Bonchev–Trinajstić information content (AvgIpc) is 2.41. The number of hydrogen-bond acceptors (Lipinski definition) is 6. The summed E-state index contributed by atoms with van der Waals surface area (Å²) in [6.45, 7) is 0. The number of aromatic hydroxyl groups is 1. The molecule has 0 aliphatic carbocycles. The molecule has 0 aliphatic heterocycles. The molecule has 4 N–H and O–H groups in total. The largest absolute Gasteiger partial charge is 0.506 e. The fourth-order valence-electron chi connectivity index (χ4n) is 1.53. The molecule has 0 fully saturated rings. The van der Waals surface area contributed by atoms with Gasteiger partial charge in [-0.25, -0.2) is 4.98 Å². The van der Waals surface area contributed by atoms with Crippen molar-refractivity contribution in [2.24, 2.45) is 0 Å². The molecule has 1 aromatic carbocycles. The number of phenols is 1. The Morgan fingerprint density at radius 3 is 2.75 bits per heavy atom. The van der Waals surface area contributed by atoms with Crippen LogP contribution in [0.2, 0.25) is 0 Å². The standard InChI is InChI=1S/C12H10N4O4/c13-8-2-1-5-14-11(8)12(18)15-9-4-3-7(16(19)20)6-10(9)17/h1-6,17H,13H2,(H,15,18). The second-order valence-electron chi connectivity index (χ2n) is 3.85. The second kappa shape index (κ2) is 5.22. The van der Waals surface area contributed by atoms with Crippen molar-refractivity contribution in [2.75, 3.05) is 11.1 Å². The number of carbonyl (C=O) groups is 1. The van der Waals surface area contributed by atoms with E-state index in [2.05, 4.69) is 10.3 Å². The number of aromatic nitrogens is 1. The van der Waals surface area contributed by atoms with Gasteiger partial charge in [0.15, 0.2) is 5.69 Å². The Balaban J connectivity index is 2.25. The number of nitro benzene ring substituents is 1. The molecule has 8 nitrogen and oxygen atoms in total. The zero-order valence-electron chi connectivity index (χ0n) is 10.1. The van der Waals surface area contributed by atoms with Crippen molar-refractivity contribution in [2.45, 2.75) is 0 Å². The monoisotopic (exact) mass is 274 g/mol. The highest BCUT2D eigenvalue weighted by Gasteiger charge is 2.15. The molecule has 1 amide bonds. The Hall–Kier alpha value is -3.16. The molecule has 0 aliphatic rings. The van der Waals surface area contributed by atoms with Gasteiger partial charge in [-0.2, -0.15) is 0 Å². The molecule has 102 valence electrons. The topological polar surface area (TPSA) is 131 Å². The number of pyridine rings is 1. The van der Waals surface area contributed by atoms with E-state index in [1.54, 1.807) is 6.07 Å². The van der Waals surface area contributed by atoms with Gasteiger partial charge >= 0.3 is 0 Å². The van der Waals surface area contributed by atoms with E-state index >= 15 is 0 Å². The van der Waals surface area contributed by atoms with Crippen LogP contribution in [0.1, 0.15) is 10.5 Å². The number of hydrogen-bond donors (Lipinski definition) is 3. The molecule has 2 aromatic rings. The summed E-state index contributed by atoms with van der Waals surface area (Å²) >= 11 is 0. The summed E-state index contributed by atoms with van der Waals surface area (Å²) in [5, 5.41) is 22.5. The highest BCUT2D eigenvalue weighted by atomic mass is 16.6. The number of carbonyl (C=O) groups excluding carboxylic acids is 1. The number of nitrogens with one attached hydrogen (secondary N) is 1. The molecule has 1 heterocycles. The number of nitrogens with two attached hydrogens (primary N) is 1. The van der Waals surface area contributed by atoms with E-state index in [0.717, 1.165) is 12.1 Å². The predicted octanol–water partition coefficient (Wildman–Crippen LogP) is 1.53. The molecule has 2 rings (SSSR count). The molecular formula is C12H10N4O4. The van der Waals surface area contributed by atoms with Crippen molar-refractivity contribution >= 4 is 23.0 Å². The van der Waals surface area contributed by atoms with Gasteiger partial charge in [-0.15, -0.1) is 0 Å². The van der Waals surface area contributed by atoms with E-state index in [-0.39, 0.29) is 22.8 Å². The maximum Gasteiger partial charge on any atom is 0.276 e. The average molecular weight is 274 g/mol. The number of nitrogen functional groups attached to an aromatic ring is 1. The Morgan fingerprint density at radius 1 is 1.40 bits per heavy atom. The lowest BCUT2D eigenvalue weighted by Crippen LogP contribution is -2.15. The summed E-state index contributed by atoms with van der Waals surface area (Å²) in [6, 6.07) is 6.42. The molecule has 0 bridgehead atoms. The minimum absolute atomic E-state index is 0.00486. The second-order valence-corrected chi connectivity index (χ2v) is 3.85. The number of nitrogens with zero attached hydrogens (tertiary/aromatic N) is 2. The number of amides is 1. The summed E-state index contributed by atoms with van der Waals surface area (Å²) in [7, 11) is 0. The number of anilines is 2. The SMILES string of the molecule is Nc1cccnc1C(=O)Nc1ccc([N+](=O)[O-])cc1O. The third kappa shape index (κ3) is 2.64. The third-order valence-corrected chi connectivity index (χ3v) is 2.49. The van der Waals surface area contributed by atoms with Crippen molar-refractivity contribution in [1.82, 2.24) is 4.98 Å². The zero-order chi connectivity index (χ0) is 14.7. The molecule has 0 radical (unpaired) electrons. The lowest BCUT2D eigenvalue weighted by molar-refractivity contribution is -0.384. The van der Waals surface area contributed by atoms with Crippen LogP contribution in [0.3, 0.4) is 0 Å². The predicted molar refractivity (Wildman–Crippen MR) is 71.4 cm³/mol. The Morgan fingerprint density at radius 2 is 2.15 bits per heavy atom. The molecule has 0 spiro atoms. The lowest BCUT2D eigenvalue weighted by atomic mass is 10.2. The minimum atomic E-state index is -0.651. The molecule has 0 saturated carbocycles. The van der Waals surface area contributed by atoms with Crippen molar-refractivity contribution in [1.29, 1.82) is 0 Å². The van der Waals surface area contributed by atoms with E-state index in [1.807, 2.05) is 0 Å². The summed E-state index contributed by atoms with van der Waals surface area (Å²) in [6.07, 6.45) is 1.40. The number of nitro groups is 1. The highest BCUT2D eigenvalue weighted by Crippen LogP contribution is 2.28. The summed E-state index contributed by atoms with van der Waals surface area (Å²) in [4.78, 5) is 25.6. The Labute approximate surface area is 113 Å². The van der Waals surface area contributed by atoms with Crippen LogP contribution in [-0.2, 0) is 0 Å². The van der Waals surface area contributed by atoms with Crippen LogP contribution in [0, 0.1) is 10.1 Å². The minimum Gasteiger partial charge on any atom is -0.506 e. The van der Waals surface area contributed by atoms with Gasteiger partial charge in [-0.3, -0.25) is 14.9 Å². The van der Waals surface area contributed by atoms with E-state index < -0.39 is 16.6 Å². The molecule has 0 saturated heterocycles. The third-order valence-electron chi connectivity index (χ3n) is 2.49. The first-order chi connectivity index (χ1) is 9.49. The number of benzene rings is 1. The smallest absolute Gasteiger partial charge is 0.276 e. The Kier molecular flexibility index (Phi) is 3.47. The van der Waals surface area contributed by atoms with Gasteiger partial charge in [0.25, 0.3) is 11.6 Å². The fraction of sp³-hybridized carbons (Fsp3) is 0. The maximum atomic E-state index is 11.9. The van der Waals surface area contributed by atoms with Gasteiger partial charge in [0.2, 0.25) is 0 Å². The van der Waals surface area contributed by atoms with E-state index in [0.29, 0.717) is 0 Å². The molecule has 0 atom stereocenters. The quantitative estimate of drug-likeness (QED) is 0.441. The van der Waals surface area contributed by atoms with Crippen LogP contribution in [0.15, 0.2) is 36.5 Å². The van der Waals surface area contributed by atoms with Gasteiger partial charge in [0.1, 0.15) is 5.75 Å². The number of phenolic OH excluding ortho intramolecular Hbond substituents is 1.